The number of nitro groups is 1. The number of anilines is 1. The van der Waals surface area contributed by atoms with Gasteiger partial charge in [-0.25, -0.2) is 4.39 Å². The Morgan fingerprint density at radius 3 is 2.85 bits per heavy atom. The van der Waals surface area contributed by atoms with Gasteiger partial charge in [0.1, 0.15) is 5.56 Å². The molecule has 0 unspecified atom stereocenters. The molecule has 7 nitrogen and oxygen atoms in total. The number of carbonyl (C=O) groups is 1. The van der Waals surface area contributed by atoms with Crippen molar-refractivity contribution in [2.45, 2.75) is 13.3 Å². The number of nitrogens with one attached hydrogen (secondary N) is 1. The smallest absolute Gasteiger partial charge is 0.285 e. The van der Waals surface area contributed by atoms with Gasteiger partial charge in [0, 0.05) is 19.8 Å². The summed E-state index contributed by atoms with van der Waals surface area (Å²) < 4.78 is 18.3. The molecule has 1 rings (SSSR count). The highest BCUT2D eigenvalue weighted by Crippen LogP contribution is 2.24. The maximum Gasteiger partial charge on any atom is 0.285 e. The third-order valence-electron chi connectivity index (χ3n) is 2.51. The second kappa shape index (κ2) is 7.39. The number of carbonyl (C=O) groups excluding carboxylic acids is 1. The van der Waals surface area contributed by atoms with E-state index in [1.165, 1.54) is 0 Å². The summed E-state index contributed by atoms with van der Waals surface area (Å²) in [6, 6.07) is 1.61. The number of hydrogen-bond acceptors (Lipinski definition) is 5. The molecule has 110 valence electrons. The van der Waals surface area contributed by atoms with Crippen LogP contribution in [-0.4, -0.2) is 30.6 Å². The van der Waals surface area contributed by atoms with Crippen molar-refractivity contribution in [1.29, 1.82) is 0 Å². The molecular weight excluding hydrogens is 269 g/mol. The van der Waals surface area contributed by atoms with Crippen molar-refractivity contribution in [3.05, 3.63) is 33.6 Å². The Hall–Kier alpha value is -2.22. The number of benzene rings is 1. The number of rotatable bonds is 7. The van der Waals surface area contributed by atoms with Gasteiger partial charge in [0.2, 0.25) is 0 Å². The summed E-state index contributed by atoms with van der Waals surface area (Å²) in [6.07, 6.45) is 0.573. The first-order chi connectivity index (χ1) is 9.47. The van der Waals surface area contributed by atoms with Crippen LogP contribution in [0.25, 0.3) is 0 Å². The minimum atomic E-state index is -0.926. The van der Waals surface area contributed by atoms with Crippen LogP contribution in [0, 0.1) is 15.9 Å². The molecule has 20 heavy (non-hydrogen) atoms. The summed E-state index contributed by atoms with van der Waals surface area (Å²) in [7, 11) is 0. The fraction of sp³-hybridized carbons (Fsp3) is 0.417. The molecule has 0 aliphatic rings. The van der Waals surface area contributed by atoms with Gasteiger partial charge in [-0.05, 0) is 19.4 Å². The van der Waals surface area contributed by atoms with Crippen molar-refractivity contribution < 1.29 is 18.8 Å². The van der Waals surface area contributed by atoms with Crippen molar-refractivity contribution in [1.82, 2.24) is 5.32 Å². The van der Waals surface area contributed by atoms with Gasteiger partial charge in [-0.15, -0.1) is 0 Å². The summed E-state index contributed by atoms with van der Waals surface area (Å²) in [5.74, 6) is -1.59. The fourth-order valence-electron chi connectivity index (χ4n) is 1.53. The molecule has 3 N–H and O–H groups in total. The van der Waals surface area contributed by atoms with E-state index in [1.54, 1.807) is 0 Å². The Balaban J connectivity index is 2.76. The zero-order valence-corrected chi connectivity index (χ0v) is 11.0. The van der Waals surface area contributed by atoms with Gasteiger partial charge < -0.3 is 15.8 Å². The van der Waals surface area contributed by atoms with Gasteiger partial charge in [-0.3, -0.25) is 14.9 Å². The van der Waals surface area contributed by atoms with Gasteiger partial charge in [-0.2, -0.15) is 0 Å². The molecule has 0 radical (unpaired) electrons. The Kier molecular flexibility index (Phi) is 5.85. The quantitative estimate of drug-likeness (QED) is 0.341. The van der Waals surface area contributed by atoms with Crippen LogP contribution in [0.5, 0.6) is 0 Å². The van der Waals surface area contributed by atoms with Crippen LogP contribution in [0.15, 0.2) is 12.1 Å². The number of amides is 1. The highest BCUT2D eigenvalue weighted by Gasteiger charge is 2.22. The van der Waals surface area contributed by atoms with E-state index < -0.39 is 22.3 Å². The van der Waals surface area contributed by atoms with Crippen molar-refractivity contribution in [2.24, 2.45) is 0 Å². The Morgan fingerprint density at radius 2 is 2.25 bits per heavy atom. The van der Waals surface area contributed by atoms with Crippen LogP contribution in [-0.2, 0) is 4.74 Å². The van der Waals surface area contributed by atoms with Crippen LogP contribution in [0.3, 0.4) is 0 Å². The van der Waals surface area contributed by atoms with Crippen molar-refractivity contribution in [3.8, 4) is 0 Å². The number of halogens is 1. The maximum absolute atomic E-state index is 13.2. The topological polar surface area (TPSA) is 107 Å². The Bertz CT molecular complexity index is 508. The first kappa shape index (κ1) is 15.8. The number of ether oxygens (including phenoxy) is 1. The minimum Gasteiger partial charge on any atom is -0.396 e. The second-order valence-electron chi connectivity index (χ2n) is 3.95. The molecule has 0 heterocycles. The SMILES string of the molecule is CCOCCCNC(=O)c1cc(N)c(F)cc1[N+](=O)[O-]. The van der Waals surface area contributed by atoms with E-state index in [-0.39, 0.29) is 11.3 Å². The van der Waals surface area contributed by atoms with Crippen LogP contribution >= 0.6 is 0 Å². The average Bonchev–Trinajstić information content (AvgIpc) is 2.40. The lowest BCUT2D eigenvalue weighted by molar-refractivity contribution is -0.385. The van der Waals surface area contributed by atoms with Gasteiger partial charge in [0.15, 0.2) is 5.82 Å². The molecule has 0 aliphatic carbocycles. The minimum absolute atomic E-state index is 0.259. The first-order valence-electron chi connectivity index (χ1n) is 6.06. The highest BCUT2D eigenvalue weighted by molar-refractivity contribution is 5.99. The first-order valence-corrected chi connectivity index (χ1v) is 6.06. The maximum atomic E-state index is 13.2. The van der Waals surface area contributed by atoms with Crippen LogP contribution in [0.4, 0.5) is 15.8 Å². The van der Waals surface area contributed by atoms with E-state index in [0.29, 0.717) is 32.2 Å². The lowest BCUT2D eigenvalue weighted by Gasteiger charge is -2.07. The van der Waals surface area contributed by atoms with Crippen LogP contribution < -0.4 is 11.1 Å². The zero-order chi connectivity index (χ0) is 15.1. The van der Waals surface area contributed by atoms with Gasteiger partial charge in [0.25, 0.3) is 11.6 Å². The van der Waals surface area contributed by atoms with E-state index >= 15 is 0 Å². The van der Waals surface area contributed by atoms with Gasteiger partial charge in [-0.1, -0.05) is 0 Å². The number of hydrogen-bond donors (Lipinski definition) is 2. The molecule has 0 fully saturated rings. The van der Waals surface area contributed by atoms with E-state index in [4.69, 9.17) is 10.5 Å². The van der Waals surface area contributed by atoms with Crippen molar-refractivity contribution >= 4 is 17.3 Å². The molecule has 1 amide bonds. The predicted octanol–water partition coefficient (Wildman–Crippen LogP) is 1.47. The lowest BCUT2D eigenvalue weighted by atomic mass is 10.1. The van der Waals surface area contributed by atoms with Crippen LogP contribution in [0.2, 0.25) is 0 Å². The van der Waals surface area contributed by atoms with Gasteiger partial charge >= 0.3 is 0 Å². The number of nitro benzene ring substituents is 1. The molecule has 0 bridgehead atoms. The zero-order valence-electron chi connectivity index (χ0n) is 11.0. The molecule has 1 aromatic rings. The summed E-state index contributed by atoms with van der Waals surface area (Å²) in [6.45, 7) is 3.20. The van der Waals surface area contributed by atoms with E-state index in [1.807, 2.05) is 6.92 Å². The molecule has 0 aromatic heterocycles. The largest absolute Gasteiger partial charge is 0.396 e. The molecular formula is C12H16FN3O4. The molecule has 0 saturated heterocycles. The summed E-state index contributed by atoms with van der Waals surface area (Å²) in [5, 5.41) is 13.3. The number of nitrogen functional groups attached to an aromatic ring is 1. The standard InChI is InChI=1S/C12H16FN3O4/c1-2-20-5-3-4-15-12(17)8-6-10(14)9(13)7-11(8)16(18)19/h6-7H,2-5,14H2,1H3,(H,15,17). The molecule has 1 aromatic carbocycles. The molecule has 8 heteroatoms. The molecule has 0 spiro atoms. The number of nitrogens with zero attached hydrogens (tertiary/aromatic N) is 1. The lowest BCUT2D eigenvalue weighted by Crippen LogP contribution is -2.26. The molecule has 0 atom stereocenters. The summed E-state index contributed by atoms with van der Waals surface area (Å²) >= 11 is 0. The fourth-order valence-corrected chi connectivity index (χ4v) is 1.53. The number of nitrogens with two attached hydrogens (primary N) is 1. The van der Waals surface area contributed by atoms with E-state index in [2.05, 4.69) is 5.32 Å². The highest BCUT2D eigenvalue weighted by atomic mass is 19.1. The predicted molar refractivity (Wildman–Crippen MR) is 70.9 cm³/mol. The normalized spacial score (nSPS) is 10.3. The molecule has 0 saturated carbocycles. The van der Waals surface area contributed by atoms with Crippen molar-refractivity contribution in [3.63, 3.8) is 0 Å². The monoisotopic (exact) mass is 285 g/mol. The third kappa shape index (κ3) is 4.16. The van der Waals surface area contributed by atoms with E-state index in [0.717, 1.165) is 6.07 Å². The Labute approximate surface area is 115 Å². The van der Waals surface area contributed by atoms with E-state index in [9.17, 15) is 19.3 Å². The molecule has 0 aliphatic heterocycles. The third-order valence-corrected chi connectivity index (χ3v) is 2.51. The summed E-state index contributed by atoms with van der Waals surface area (Å²) in [5.41, 5.74) is 4.14. The Morgan fingerprint density at radius 1 is 1.55 bits per heavy atom. The van der Waals surface area contributed by atoms with Gasteiger partial charge in [0.05, 0.1) is 16.7 Å². The summed E-state index contributed by atoms with van der Waals surface area (Å²) in [4.78, 5) is 21.8. The van der Waals surface area contributed by atoms with Crippen molar-refractivity contribution in [2.75, 3.05) is 25.5 Å². The second-order valence-corrected chi connectivity index (χ2v) is 3.95. The van der Waals surface area contributed by atoms with Crippen LogP contribution in [0.1, 0.15) is 23.7 Å². The average molecular weight is 285 g/mol.